The number of ether oxygens (including phenoxy) is 6. The van der Waals surface area contributed by atoms with Crippen LogP contribution in [0.5, 0.6) is 0 Å². The number of nitrogens with one attached hydrogen (secondary N) is 1. The Morgan fingerprint density at radius 3 is 1.72 bits per heavy atom. The van der Waals surface area contributed by atoms with Crippen LogP contribution in [0.2, 0.25) is 0 Å². The molecule has 3 fully saturated rings. The van der Waals surface area contributed by atoms with Gasteiger partial charge >= 0.3 is 0 Å². The van der Waals surface area contributed by atoms with Crippen LogP contribution in [0.1, 0.15) is 46.0 Å². The van der Waals surface area contributed by atoms with Gasteiger partial charge in [-0.15, -0.1) is 0 Å². The predicted molar refractivity (Wildman–Crippen MR) is 166 cm³/mol. The summed E-state index contributed by atoms with van der Waals surface area (Å²) in [6, 6.07) is -0.956. The molecule has 0 aromatic rings. The first-order chi connectivity index (χ1) is 23.8. The molecule has 17 unspecified atom stereocenters. The molecular weight excluding hydrogens is 674 g/mol. The maximum absolute atomic E-state index is 12.3. The smallest absolute Gasteiger partial charge is 0.220 e. The van der Waals surface area contributed by atoms with E-state index in [1.165, 1.54) is 6.08 Å². The van der Waals surface area contributed by atoms with Crippen molar-refractivity contribution in [1.82, 2.24) is 5.32 Å². The number of hydrogen-bond donors (Lipinski definition) is 12. The van der Waals surface area contributed by atoms with Crippen LogP contribution >= 0.6 is 0 Å². The number of hydrogen-bond acceptors (Lipinski definition) is 18. The third kappa shape index (κ3) is 10.8. The Bertz CT molecular complexity index is 1020. The summed E-state index contributed by atoms with van der Waals surface area (Å²) in [5.74, 6) is -0.343. The first kappa shape index (κ1) is 42.9. The molecule has 292 valence electrons. The molecule has 50 heavy (non-hydrogen) atoms. The highest BCUT2D eigenvalue weighted by Crippen LogP contribution is 2.32. The number of amides is 1. The molecule has 0 aromatic carbocycles. The van der Waals surface area contributed by atoms with E-state index in [9.17, 15) is 61.0 Å². The summed E-state index contributed by atoms with van der Waals surface area (Å²) in [6.45, 7) is 1.05. The summed E-state index contributed by atoms with van der Waals surface area (Å²) in [7, 11) is 0. The van der Waals surface area contributed by atoms with Crippen LogP contribution in [-0.2, 0) is 33.2 Å². The van der Waals surface area contributed by atoms with Gasteiger partial charge in [0.05, 0.1) is 38.6 Å². The predicted octanol–water partition coefficient (Wildman–Crippen LogP) is -5.16. The maximum Gasteiger partial charge on any atom is 0.220 e. The molecule has 17 atom stereocenters. The van der Waals surface area contributed by atoms with Gasteiger partial charge in [0.1, 0.15) is 73.2 Å². The molecule has 0 bridgehead atoms. The molecule has 0 saturated carbocycles. The van der Waals surface area contributed by atoms with Crippen molar-refractivity contribution in [3.05, 3.63) is 12.2 Å². The second-order valence-electron chi connectivity index (χ2n) is 12.6. The second-order valence-corrected chi connectivity index (χ2v) is 12.6. The van der Waals surface area contributed by atoms with E-state index in [0.717, 1.165) is 12.8 Å². The van der Waals surface area contributed by atoms with Crippen LogP contribution in [0, 0.1) is 0 Å². The Morgan fingerprint density at radius 1 is 0.700 bits per heavy atom. The van der Waals surface area contributed by atoms with Gasteiger partial charge in [-0.25, -0.2) is 0 Å². The van der Waals surface area contributed by atoms with Gasteiger partial charge in [-0.2, -0.15) is 0 Å². The van der Waals surface area contributed by atoms with Crippen LogP contribution in [0.25, 0.3) is 0 Å². The molecule has 19 nitrogen and oxygen atoms in total. The minimum Gasteiger partial charge on any atom is -0.394 e. The van der Waals surface area contributed by atoms with Crippen molar-refractivity contribution in [3.8, 4) is 0 Å². The van der Waals surface area contributed by atoms with Gasteiger partial charge in [-0.1, -0.05) is 38.8 Å². The van der Waals surface area contributed by atoms with Crippen molar-refractivity contribution in [2.45, 2.75) is 150 Å². The van der Waals surface area contributed by atoms with Gasteiger partial charge in [0.15, 0.2) is 18.9 Å². The standard InChI is InChI=1S/C31H55NO18/c1-3-5-6-7-9-15(36)14(32-19(37)8-4-2)13-45-29-25(43)22(40)27(17(11-34)47-29)50-31-26(44)23(41)28(18(12-35)48-31)49-30-24(42)21(39)20(38)16(10-33)46-30/h7,9,14-18,20-31,33-36,38-44H,3-6,8,10-13H2,1-2H3,(H,32,37)/b9-7+. The normalized spacial score (nSPS) is 40.9. The summed E-state index contributed by atoms with van der Waals surface area (Å²) >= 11 is 0. The van der Waals surface area contributed by atoms with E-state index in [0.29, 0.717) is 12.8 Å². The van der Waals surface area contributed by atoms with Gasteiger partial charge in [0.25, 0.3) is 0 Å². The number of allylic oxidation sites excluding steroid dienone is 1. The van der Waals surface area contributed by atoms with Crippen LogP contribution < -0.4 is 5.32 Å². The van der Waals surface area contributed by atoms with Crippen LogP contribution in [0.4, 0.5) is 0 Å². The summed E-state index contributed by atoms with van der Waals surface area (Å²) < 4.78 is 33.4. The summed E-state index contributed by atoms with van der Waals surface area (Å²) in [6.07, 6.45) is -20.1. The molecule has 1 amide bonds. The molecule has 19 heteroatoms. The summed E-state index contributed by atoms with van der Waals surface area (Å²) in [4.78, 5) is 12.3. The van der Waals surface area contributed by atoms with Crippen LogP contribution in [-0.4, -0.2) is 193 Å². The van der Waals surface area contributed by atoms with Crippen LogP contribution in [0.3, 0.4) is 0 Å². The highest BCUT2D eigenvalue weighted by Gasteiger charge is 2.53. The number of carbonyl (C=O) groups excluding carboxylic acids is 1. The van der Waals surface area contributed by atoms with E-state index >= 15 is 0 Å². The van der Waals surface area contributed by atoms with E-state index < -0.39 is 124 Å². The number of aliphatic hydroxyl groups is 11. The van der Waals surface area contributed by atoms with Crippen molar-refractivity contribution in [2.75, 3.05) is 26.4 Å². The molecule has 3 rings (SSSR count). The van der Waals surface area contributed by atoms with Crippen molar-refractivity contribution in [2.24, 2.45) is 0 Å². The molecule has 0 aliphatic carbocycles. The van der Waals surface area contributed by atoms with Gasteiger partial charge in [0.2, 0.25) is 5.91 Å². The van der Waals surface area contributed by atoms with Crippen LogP contribution in [0.15, 0.2) is 12.2 Å². The highest BCUT2D eigenvalue weighted by molar-refractivity contribution is 5.76. The van der Waals surface area contributed by atoms with Gasteiger partial charge in [-0.05, 0) is 12.8 Å². The van der Waals surface area contributed by atoms with E-state index in [4.69, 9.17) is 28.4 Å². The zero-order chi connectivity index (χ0) is 37.1. The fourth-order valence-corrected chi connectivity index (χ4v) is 5.80. The van der Waals surface area contributed by atoms with Gasteiger partial charge in [-0.3, -0.25) is 4.79 Å². The third-order valence-electron chi connectivity index (χ3n) is 8.81. The first-order valence-electron chi connectivity index (χ1n) is 16.9. The van der Waals surface area contributed by atoms with Gasteiger partial charge in [0, 0.05) is 6.42 Å². The molecule has 12 N–H and O–H groups in total. The fraction of sp³-hybridized carbons (Fsp3) is 0.903. The molecular formula is C31H55NO18. The zero-order valence-corrected chi connectivity index (χ0v) is 28.1. The molecule has 3 heterocycles. The number of rotatable bonds is 18. The Hall–Kier alpha value is -1.47. The first-order valence-corrected chi connectivity index (χ1v) is 16.9. The minimum atomic E-state index is -1.97. The van der Waals surface area contributed by atoms with E-state index in [-0.39, 0.29) is 18.9 Å². The number of unbranched alkanes of at least 4 members (excludes halogenated alkanes) is 2. The van der Waals surface area contributed by atoms with E-state index in [1.54, 1.807) is 6.08 Å². The Morgan fingerprint density at radius 2 is 1.20 bits per heavy atom. The molecule has 3 aliphatic heterocycles. The molecule has 3 saturated heterocycles. The fourth-order valence-electron chi connectivity index (χ4n) is 5.80. The molecule has 0 spiro atoms. The average molecular weight is 730 g/mol. The van der Waals surface area contributed by atoms with Gasteiger partial charge < -0.3 is 89.9 Å². The highest BCUT2D eigenvalue weighted by atomic mass is 16.8. The lowest BCUT2D eigenvalue weighted by Crippen LogP contribution is -2.66. The van der Waals surface area contributed by atoms with E-state index in [1.807, 2.05) is 13.8 Å². The number of carbonyl (C=O) groups is 1. The monoisotopic (exact) mass is 729 g/mol. The van der Waals surface area contributed by atoms with Crippen molar-refractivity contribution >= 4 is 5.91 Å². The lowest BCUT2D eigenvalue weighted by atomic mass is 9.96. The quantitative estimate of drug-likeness (QED) is 0.0464. The second kappa shape index (κ2) is 20.7. The largest absolute Gasteiger partial charge is 0.394 e. The SMILES string of the molecule is CCCC/C=C/C(O)C(COC1OC(CO)C(OC2OC(CO)C(OC3OC(CO)C(O)C(O)C3O)C(O)C2O)C(O)C1O)NC(=O)CCC. The zero-order valence-electron chi connectivity index (χ0n) is 28.1. The van der Waals surface area contributed by atoms with Crippen molar-refractivity contribution in [3.63, 3.8) is 0 Å². The summed E-state index contributed by atoms with van der Waals surface area (Å²) in [5.41, 5.74) is 0. The lowest BCUT2D eigenvalue weighted by Gasteiger charge is -2.48. The van der Waals surface area contributed by atoms with E-state index in [2.05, 4.69) is 5.32 Å². The maximum atomic E-state index is 12.3. The lowest BCUT2D eigenvalue weighted by molar-refractivity contribution is -0.379. The molecule has 0 aromatic heterocycles. The molecule has 0 radical (unpaired) electrons. The van der Waals surface area contributed by atoms with Crippen molar-refractivity contribution < 1.29 is 89.4 Å². The number of aliphatic hydroxyl groups excluding tert-OH is 11. The Balaban J connectivity index is 1.67. The molecule has 3 aliphatic rings. The Labute approximate surface area is 289 Å². The van der Waals surface area contributed by atoms with Crippen molar-refractivity contribution in [1.29, 1.82) is 0 Å². The Kier molecular flexibility index (Phi) is 17.8. The average Bonchev–Trinajstić information content (AvgIpc) is 3.10. The topological polar surface area (TPSA) is 307 Å². The summed E-state index contributed by atoms with van der Waals surface area (Å²) in [5, 5.41) is 117. The minimum absolute atomic E-state index is 0.192. The third-order valence-corrected chi connectivity index (χ3v) is 8.81.